The van der Waals surface area contributed by atoms with Gasteiger partial charge in [-0.05, 0) is 12.1 Å². The average Bonchev–Trinajstić information content (AvgIpc) is 2.88. The normalized spacial score (nSPS) is 11.2. The van der Waals surface area contributed by atoms with E-state index in [0.717, 1.165) is 21.4 Å². The maximum absolute atomic E-state index is 5.49. The fourth-order valence-electron chi connectivity index (χ4n) is 2.04. The molecule has 0 aliphatic rings. The Morgan fingerprint density at radius 3 is 2.71 bits per heavy atom. The summed E-state index contributed by atoms with van der Waals surface area (Å²) in [4.78, 5) is 12.3. The third-order valence-electron chi connectivity index (χ3n) is 3.10. The topological polar surface area (TPSA) is 79.6 Å². The molecular weight excluding hydrogens is 282 g/mol. The zero-order chi connectivity index (χ0) is 14.8. The van der Waals surface area contributed by atoms with Gasteiger partial charge in [0.15, 0.2) is 0 Å². The van der Waals surface area contributed by atoms with Crippen molar-refractivity contribution in [1.82, 2.24) is 15.0 Å². The predicted octanol–water partition coefficient (Wildman–Crippen LogP) is 3.52. The van der Waals surface area contributed by atoms with Crippen LogP contribution in [0.5, 0.6) is 0 Å². The summed E-state index contributed by atoms with van der Waals surface area (Å²) in [5, 5.41) is 3.11. The highest BCUT2D eigenvalue weighted by atomic mass is 32.2. The second-order valence-electron chi connectivity index (χ2n) is 5.07. The predicted molar refractivity (Wildman–Crippen MR) is 86.4 cm³/mol. The lowest BCUT2D eigenvalue weighted by Gasteiger charge is -2.08. The smallest absolute Gasteiger partial charge is 0.144 e. The Labute approximate surface area is 127 Å². The van der Waals surface area contributed by atoms with E-state index >= 15 is 0 Å². The number of fused-ring (bicyclic) bond motifs is 1. The van der Waals surface area contributed by atoms with Gasteiger partial charge in [0, 0.05) is 22.9 Å². The van der Waals surface area contributed by atoms with Crippen molar-refractivity contribution in [1.29, 1.82) is 0 Å². The molecule has 0 spiro atoms. The van der Waals surface area contributed by atoms with Crippen molar-refractivity contribution >= 4 is 28.5 Å². The van der Waals surface area contributed by atoms with Crippen LogP contribution in [-0.4, -0.2) is 15.0 Å². The van der Waals surface area contributed by atoms with E-state index in [1.165, 1.54) is 5.39 Å². The molecule has 0 fully saturated rings. The third kappa shape index (κ3) is 3.01. The minimum absolute atomic E-state index is 0.250. The first-order valence-corrected chi connectivity index (χ1v) is 7.58. The molecule has 0 saturated heterocycles. The van der Waals surface area contributed by atoms with E-state index in [1.807, 2.05) is 18.2 Å². The standard InChI is InChI=1S/C15H17N5S/c1-9(2)15-18-12(20-16)8-14(19-15)21-13-7-10-5-3-4-6-11(10)17-13/h3-9,17H,16H2,1-2H3,(H,18,19,20). The maximum atomic E-state index is 5.49. The van der Waals surface area contributed by atoms with Crippen molar-refractivity contribution in [2.45, 2.75) is 29.8 Å². The molecule has 6 heteroatoms. The Morgan fingerprint density at radius 1 is 1.19 bits per heavy atom. The number of H-pyrrole nitrogens is 1. The minimum atomic E-state index is 0.250. The van der Waals surface area contributed by atoms with E-state index in [9.17, 15) is 0 Å². The van der Waals surface area contributed by atoms with Crippen molar-refractivity contribution in [3.05, 3.63) is 42.2 Å². The van der Waals surface area contributed by atoms with Crippen LogP contribution < -0.4 is 11.3 Å². The largest absolute Gasteiger partial charge is 0.349 e. The van der Waals surface area contributed by atoms with E-state index < -0.39 is 0 Å². The molecule has 0 aliphatic heterocycles. The zero-order valence-corrected chi connectivity index (χ0v) is 12.7. The lowest BCUT2D eigenvalue weighted by Crippen LogP contribution is -2.11. The second-order valence-corrected chi connectivity index (χ2v) is 6.13. The number of hydrogen-bond donors (Lipinski definition) is 3. The Kier molecular flexibility index (Phi) is 3.81. The number of hydrazine groups is 1. The number of aromatic nitrogens is 3. The fraction of sp³-hybridized carbons (Fsp3) is 0.200. The van der Waals surface area contributed by atoms with Crippen LogP contribution in [0.1, 0.15) is 25.6 Å². The Bertz CT molecular complexity index is 733. The minimum Gasteiger partial charge on any atom is -0.349 e. The molecule has 2 heterocycles. The van der Waals surface area contributed by atoms with Crippen molar-refractivity contribution < 1.29 is 0 Å². The number of nitrogens with zero attached hydrogens (tertiary/aromatic N) is 2. The molecule has 0 aliphatic carbocycles. The van der Waals surface area contributed by atoms with Crippen molar-refractivity contribution in [3.8, 4) is 0 Å². The van der Waals surface area contributed by atoms with E-state index in [0.29, 0.717) is 5.82 Å². The van der Waals surface area contributed by atoms with Gasteiger partial charge in [0.05, 0.1) is 5.03 Å². The van der Waals surface area contributed by atoms with E-state index in [-0.39, 0.29) is 5.92 Å². The number of anilines is 1. The fourth-order valence-corrected chi connectivity index (χ4v) is 2.92. The lowest BCUT2D eigenvalue weighted by atomic mass is 10.2. The molecule has 108 valence electrons. The molecule has 3 rings (SSSR count). The highest BCUT2D eigenvalue weighted by Gasteiger charge is 2.10. The Hall–Kier alpha value is -2.05. The van der Waals surface area contributed by atoms with Gasteiger partial charge in [-0.25, -0.2) is 15.8 Å². The molecule has 4 N–H and O–H groups in total. The van der Waals surface area contributed by atoms with Gasteiger partial charge >= 0.3 is 0 Å². The summed E-state index contributed by atoms with van der Waals surface area (Å²) in [5.41, 5.74) is 3.72. The van der Waals surface area contributed by atoms with Crippen LogP contribution >= 0.6 is 11.8 Å². The molecule has 1 aromatic carbocycles. The summed E-state index contributed by atoms with van der Waals surface area (Å²) in [6, 6.07) is 12.2. The maximum Gasteiger partial charge on any atom is 0.144 e. The number of rotatable bonds is 4. The number of nitrogens with two attached hydrogens (primary N) is 1. The van der Waals surface area contributed by atoms with Crippen molar-refractivity contribution in [2.75, 3.05) is 5.43 Å². The zero-order valence-electron chi connectivity index (χ0n) is 11.9. The molecule has 0 bridgehead atoms. The van der Waals surface area contributed by atoms with Crippen molar-refractivity contribution in [2.24, 2.45) is 5.84 Å². The van der Waals surface area contributed by atoms with Gasteiger partial charge in [-0.15, -0.1) is 0 Å². The molecule has 2 aromatic heterocycles. The summed E-state index contributed by atoms with van der Waals surface area (Å²) >= 11 is 1.57. The van der Waals surface area contributed by atoms with E-state index in [4.69, 9.17) is 5.84 Å². The van der Waals surface area contributed by atoms with Gasteiger partial charge in [-0.2, -0.15) is 0 Å². The monoisotopic (exact) mass is 299 g/mol. The molecule has 0 unspecified atom stereocenters. The van der Waals surface area contributed by atoms with Crippen LogP contribution in [-0.2, 0) is 0 Å². The van der Waals surface area contributed by atoms with Gasteiger partial charge < -0.3 is 10.4 Å². The van der Waals surface area contributed by atoms with E-state index in [2.05, 4.69) is 52.4 Å². The molecular formula is C15H17N5S. The molecule has 0 saturated carbocycles. The number of nitrogen functional groups attached to an aromatic ring is 1. The first kappa shape index (κ1) is 13.9. The number of para-hydroxylation sites is 1. The summed E-state index contributed by atoms with van der Waals surface area (Å²) in [6.07, 6.45) is 0. The van der Waals surface area contributed by atoms with Gasteiger partial charge in [-0.3, -0.25) is 0 Å². The second kappa shape index (κ2) is 5.75. The van der Waals surface area contributed by atoms with Gasteiger partial charge in [0.2, 0.25) is 0 Å². The number of hydrogen-bond acceptors (Lipinski definition) is 5. The first-order chi connectivity index (χ1) is 10.2. The lowest BCUT2D eigenvalue weighted by molar-refractivity contribution is 0.754. The van der Waals surface area contributed by atoms with Crippen LogP contribution in [0.4, 0.5) is 5.82 Å². The Balaban J connectivity index is 1.94. The summed E-state index contributed by atoms with van der Waals surface area (Å²) in [5.74, 6) is 7.15. The highest BCUT2D eigenvalue weighted by Crippen LogP contribution is 2.30. The third-order valence-corrected chi connectivity index (χ3v) is 3.96. The molecule has 0 amide bonds. The van der Waals surface area contributed by atoms with Crippen LogP contribution in [0, 0.1) is 0 Å². The molecule has 0 atom stereocenters. The van der Waals surface area contributed by atoms with Crippen LogP contribution in [0.25, 0.3) is 10.9 Å². The van der Waals surface area contributed by atoms with Crippen LogP contribution in [0.3, 0.4) is 0 Å². The molecule has 0 radical (unpaired) electrons. The van der Waals surface area contributed by atoms with Crippen LogP contribution in [0.2, 0.25) is 0 Å². The SMILES string of the molecule is CC(C)c1nc(NN)cc(Sc2cc3ccccc3[nH]2)n1. The number of aromatic amines is 1. The molecule has 21 heavy (non-hydrogen) atoms. The van der Waals surface area contributed by atoms with Gasteiger partial charge in [0.1, 0.15) is 16.7 Å². The van der Waals surface area contributed by atoms with Gasteiger partial charge in [-0.1, -0.05) is 43.8 Å². The molecule has 3 aromatic rings. The Morgan fingerprint density at radius 2 is 2.00 bits per heavy atom. The first-order valence-electron chi connectivity index (χ1n) is 6.77. The van der Waals surface area contributed by atoms with Crippen LogP contribution in [0.15, 0.2) is 46.5 Å². The van der Waals surface area contributed by atoms with Gasteiger partial charge in [0.25, 0.3) is 0 Å². The number of benzene rings is 1. The quantitative estimate of drug-likeness (QED) is 0.390. The highest BCUT2D eigenvalue weighted by molar-refractivity contribution is 7.99. The van der Waals surface area contributed by atoms with E-state index in [1.54, 1.807) is 11.8 Å². The number of nitrogens with one attached hydrogen (secondary N) is 2. The summed E-state index contributed by atoms with van der Waals surface area (Å²) in [6.45, 7) is 4.13. The summed E-state index contributed by atoms with van der Waals surface area (Å²) < 4.78 is 0. The summed E-state index contributed by atoms with van der Waals surface area (Å²) in [7, 11) is 0. The molecule has 5 nitrogen and oxygen atoms in total. The van der Waals surface area contributed by atoms with Crippen molar-refractivity contribution in [3.63, 3.8) is 0 Å². The average molecular weight is 299 g/mol.